The summed E-state index contributed by atoms with van der Waals surface area (Å²) in [4.78, 5) is 24.9. The van der Waals surface area contributed by atoms with Crippen LogP contribution < -0.4 is 10.4 Å². The number of aliphatic carboxylic acids is 1. The van der Waals surface area contributed by atoms with Crippen LogP contribution in [0, 0.1) is 0 Å². The number of urea groups is 1. The highest BCUT2D eigenvalue weighted by Crippen LogP contribution is 2.09. The van der Waals surface area contributed by atoms with Gasteiger partial charge in [-0.3, -0.25) is 0 Å². The Morgan fingerprint density at radius 3 is 2.40 bits per heavy atom. The lowest BCUT2D eigenvalue weighted by molar-refractivity contribution is -0.308. The second-order valence-electron chi connectivity index (χ2n) is 5.06. The lowest BCUT2D eigenvalue weighted by Gasteiger charge is -2.29. The molecule has 5 nitrogen and oxygen atoms in total. The van der Waals surface area contributed by atoms with Gasteiger partial charge in [-0.05, 0) is 31.2 Å². The molecule has 0 aromatic heterocycles. The molecule has 2 rings (SSSR count). The molecule has 1 aliphatic rings. The van der Waals surface area contributed by atoms with E-state index in [1.165, 1.54) is 0 Å². The van der Waals surface area contributed by atoms with Crippen LogP contribution in [0.4, 0.5) is 4.79 Å². The molecular weight excluding hydrogens is 256 g/mol. The van der Waals surface area contributed by atoms with Crippen LogP contribution in [0.25, 0.3) is 0 Å². The first-order chi connectivity index (χ1) is 9.66. The molecule has 1 aromatic carbocycles. The van der Waals surface area contributed by atoms with E-state index in [-0.39, 0.29) is 12.5 Å². The summed E-state index contributed by atoms with van der Waals surface area (Å²) in [6.45, 7) is 1.38. The second-order valence-corrected chi connectivity index (χ2v) is 5.06. The van der Waals surface area contributed by atoms with Crippen molar-refractivity contribution in [3.63, 3.8) is 0 Å². The summed E-state index contributed by atoms with van der Waals surface area (Å²) in [5.41, 5.74) is 0.862. The number of likely N-dealkylation sites (tertiary alicyclic amines) is 1. The lowest BCUT2D eigenvalue weighted by Crippen LogP contribution is -2.53. The van der Waals surface area contributed by atoms with Crippen LogP contribution >= 0.6 is 0 Å². The number of amides is 2. The quantitative estimate of drug-likeness (QED) is 0.872. The zero-order valence-corrected chi connectivity index (χ0v) is 11.4. The van der Waals surface area contributed by atoms with Gasteiger partial charge in [0, 0.05) is 13.1 Å². The molecule has 108 valence electrons. The van der Waals surface area contributed by atoms with Crippen LogP contribution in [0.2, 0.25) is 0 Å². The molecule has 0 spiro atoms. The predicted molar refractivity (Wildman–Crippen MR) is 72.9 cm³/mol. The van der Waals surface area contributed by atoms with Crippen molar-refractivity contribution in [3.8, 4) is 0 Å². The van der Waals surface area contributed by atoms with E-state index in [0.29, 0.717) is 13.1 Å². The summed E-state index contributed by atoms with van der Waals surface area (Å²) in [5, 5.41) is 13.7. The fraction of sp³-hybridized carbons (Fsp3) is 0.467. The Morgan fingerprint density at radius 2 is 1.80 bits per heavy atom. The maximum Gasteiger partial charge on any atom is 0.317 e. The molecule has 20 heavy (non-hydrogen) atoms. The second kappa shape index (κ2) is 6.93. The van der Waals surface area contributed by atoms with Crippen molar-refractivity contribution in [1.29, 1.82) is 0 Å². The maximum absolute atomic E-state index is 12.0. The SMILES string of the molecule is O=C([O-])[C@H](Cc1ccccc1)NC(=O)N1CCCCC1. The number of nitrogens with zero attached hydrogens (tertiary/aromatic N) is 1. The first-order valence-electron chi connectivity index (χ1n) is 6.97. The van der Waals surface area contributed by atoms with Crippen molar-refractivity contribution in [1.82, 2.24) is 10.2 Å². The highest BCUT2D eigenvalue weighted by molar-refractivity contribution is 5.81. The Hall–Kier alpha value is -2.04. The predicted octanol–water partition coefficient (Wildman–Crippen LogP) is 0.543. The molecule has 0 aliphatic carbocycles. The van der Waals surface area contributed by atoms with Crippen molar-refractivity contribution >= 4 is 12.0 Å². The van der Waals surface area contributed by atoms with E-state index in [1.54, 1.807) is 4.90 Å². The number of hydrogen-bond donors (Lipinski definition) is 1. The Balaban J connectivity index is 1.95. The molecule has 0 saturated carbocycles. The summed E-state index contributed by atoms with van der Waals surface area (Å²) >= 11 is 0. The monoisotopic (exact) mass is 275 g/mol. The Kier molecular flexibility index (Phi) is 4.98. The van der Waals surface area contributed by atoms with Crippen molar-refractivity contribution in [2.24, 2.45) is 0 Å². The van der Waals surface area contributed by atoms with Crippen LogP contribution in [-0.2, 0) is 11.2 Å². The maximum atomic E-state index is 12.0. The average molecular weight is 275 g/mol. The molecule has 1 N–H and O–H groups in total. The lowest BCUT2D eigenvalue weighted by atomic mass is 10.1. The number of piperidine rings is 1. The van der Waals surface area contributed by atoms with Crippen LogP contribution in [-0.4, -0.2) is 36.0 Å². The third kappa shape index (κ3) is 3.98. The highest BCUT2D eigenvalue weighted by atomic mass is 16.4. The number of nitrogens with one attached hydrogen (secondary N) is 1. The van der Waals surface area contributed by atoms with Gasteiger partial charge in [-0.1, -0.05) is 30.3 Å². The number of carboxylic acids is 1. The third-order valence-electron chi connectivity index (χ3n) is 3.51. The van der Waals surface area contributed by atoms with Crippen molar-refractivity contribution in [3.05, 3.63) is 35.9 Å². The van der Waals surface area contributed by atoms with Crippen molar-refractivity contribution in [2.75, 3.05) is 13.1 Å². The fourth-order valence-corrected chi connectivity index (χ4v) is 2.38. The van der Waals surface area contributed by atoms with Crippen LogP contribution in [0.1, 0.15) is 24.8 Å². The molecule has 1 atom stereocenters. The molecule has 2 amide bonds. The Labute approximate surface area is 118 Å². The summed E-state index contributed by atoms with van der Waals surface area (Å²) in [6, 6.07) is 7.92. The van der Waals surface area contributed by atoms with Gasteiger partial charge in [-0.25, -0.2) is 4.79 Å². The summed E-state index contributed by atoms with van der Waals surface area (Å²) in [7, 11) is 0. The zero-order chi connectivity index (χ0) is 14.4. The van der Waals surface area contributed by atoms with E-state index in [9.17, 15) is 14.7 Å². The van der Waals surface area contributed by atoms with E-state index < -0.39 is 12.0 Å². The third-order valence-corrected chi connectivity index (χ3v) is 3.51. The molecular formula is C15H19N2O3-. The van der Waals surface area contributed by atoms with Gasteiger partial charge in [0.25, 0.3) is 0 Å². The first-order valence-corrected chi connectivity index (χ1v) is 6.97. The molecule has 0 unspecified atom stereocenters. The minimum absolute atomic E-state index is 0.239. The smallest absolute Gasteiger partial charge is 0.317 e. The number of hydrogen-bond acceptors (Lipinski definition) is 3. The summed E-state index contributed by atoms with van der Waals surface area (Å²) < 4.78 is 0. The van der Waals surface area contributed by atoms with Gasteiger partial charge in [0.15, 0.2) is 0 Å². The summed E-state index contributed by atoms with van der Waals surface area (Å²) in [5.74, 6) is -1.25. The Bertz CT molecular complexity index is 455. The first kappa shape index (κ1) is 14.4. The largest absolute Gasteiger partial charge is 0.548 e. The van der Waals surface area contributed by atoms with Gasteiger partial charge in [0.05, 0.1) is 12.0 Å². The van der Waals surface area contributed by atoms with Gasteiger partial charge < -0.3 is 20.1 Å². The van der Waals surface area contributed by atoms with Gasteiger partial charge in [-0.2, -0.15) is 0 Å². The molecule has 1 aromatic rings. The number of carboxylic acid groups (broad SMARTS) is 1. The summed E-state index contributed by atoms with van der Waals surface area (Å²) in [6.07, 6.45) is 3.31. The van der Waals surface area contributed by atoms with E-state index >= 15 is 0 Å². The topological polar surface area (TPSA) is 72.5 Å². The van der Waals surface area contributed by atoms with Gasteiger partial charge >= 0.3 is 6.03 Å². The van der Waals surface area contributed by atoms with E-state index in [4.69, 9.17) is 0 Å². The minimum atomic E-state index is -1.25. The number of carbonyl (C=O) groups excluding carboxylic acids is 2. The molecule has 1 heterocycles. The number of benzene rings is 1. The van der Waals surface area contributed by atoms with E-state index in [0.717, 1.165) is 24.8 Å². The van der Waals surface area contributed by atoms with Gasteiger partial charge in [-0.15, -0.1) is 0 Å². The van der Waals surface area contributed by atoms with Crippen molar-refractivity contribution < 1.29 is 14.7 Å². The van der Waals surface area contributed by atoms with Crippen molar-refractivity contribution in [2.45, 2.75) is 31.7 Å². The van der Waals surface area contributed by atoms with Gasteiger partial charge in [0.1, 0.15) is 0 Å². The van der Waals surface area contributed by atoms with Crippen LogP contribution in [0.3, 0.4) is 0 Å². The molecule has 1 aliphatic heterocycles. The average Bonchev–Trinajstić information content (AvgIpc) is 2.48. The van der Waals surface area contributed by atoms with E-state index in [2.05, 4.69) is 5.32 Å². The van der Waals surface area contributed by atoms with Gasteiger partial charge in [0.2, 0.25) is 0 Å². The molecule has 1 saturated heterocycles. The van der Waals surface area contributed by atoms with Crippen LogP contribution in [0.5, 0.6) is 0 Å². The normalized spacial score (nSPS) is 16.5. The zero-order valence-electron chi connectivity index (χ0n) is 11.4. The van der Waals surface area contributed by atoms with E-state index in [1.807, 2.05) is 30.3 Å². The molecule has 0 bridgehead atoms. The molecule has 1 fully saturated rings. The number of rotatable bonds is 4. The minimum Gasteiger partial charge on any atom is -0.548 e. The highest BCUT2D eigenvalue weighted by Gasteiger charge is 2.20. The molecule has 5 heteroatoms. The Morgan fingerprint density at radius 1 is 1.15 bits per heavy atom. The number of carbonyl (C=O) groups is 2. The van der Waals surface area contributed by atoms with Crippen LogP contribution in [0.15, 0.2) is 30.3 Å². The standard InChI is InChI=1S/C15H20N2O3/c18-14(19)13(11-12-7-3-1-4-8-12)16-15(20)17-9-5-2-6-10-17/h1,3-4,7-8,13H,2,5-6,9-11H2,(H,16,20)(H,18,19)/p-1/t13-/m0/s1. The fourth-order valence-electron chi connectivity index (χ4n) is 2.38. The molecule has 0 radical (unpaired) electrons.